The highest BCUT2D eigenvalue weighted by molar-refractivity contribution is 6.20. The lowest BCUT2D eigenvalue weighted by molar-refractivity contribution is 0.669. The lowest BCUT2D eigenvalue weighted by Crippen LogP contribution is -2.00. The zero-order chi connectivity index (χ0) is 35.6. The molecule has 252 valence electrons. The van der Waals surface area contributed by atoms with Gasteiger partial charge < -0.3 is 8.83 Å². The van der Waals surface area contributed by atoms with Crippen LogP contribution in [0.25, 0.3) is 111 Å². The van der Waals surface area contributed by atoms with Gasteiger partial charge in [0, 0.05) is 43.8 Å². The Morgan fingerprint density at radius 3 is 1.69 bits per heavy atom. The van der Waals surface area contributed by atoms with E-state index < -0.39 is 0 Å². The van der Waals surface area contributed by atoms with Crippen molar-refractivity contribution in [2.75, 3.05) is 0 Å². The molecule has 0 fully saturated rings. The zero-order valence-electron chi connectivity index (χ0n) is 28.9. The van der Waals surface area contributed by atoms with Gasteiger partial charge in [0.15, 0.2) is 17.5 Å². The molecule has 0 unspecified atom stereocenters. The third-order valence-corrected chi connectivity index (χ3v) is 10.3. The number of nitrogens with zero attached hydrogens (tertiary/aromatic N) is 3. The van der Waals surface area contributed by atoms with E-state index in [0.29, 0.717) is 17.5 Å². The van der Waals surface area contributed by atoms with Crippen LogP contribution in [0.4, 0.5) is 0 Å². The Morgan fingerprint density at radius 2 is 0.907 bits per heavy atom. The topological polar surface area (TPSA) is 65.0 Å². The van der Waals surface area contributed by atoms with Crippen LogP contribution in [0.1, 0.15) is 0 Å². The number of fused-ring (bicyclic) bond motifs is 8. The first kappa shape index (κ1) is 30.3. The number of furan rings is 2. The minimum atomic E-state index is 0.571. The maximum Gasteiger partial charge on any atom is 0.164 e. The van der Waals surface area contributed by atoms with Gasteiger partial charge in [0.2, 0.25) is 0 Å². The summed E-state index contributed by atoms with van der Waals surface area (Å²) in [6, 6.07) is 60.3. The molecule has 3 heterocycles. The van der Waals surface area contributed by atoms with Crippen LogP contribution < -0.4 is 0 Å². The van der Waals surface area contributed by atoms with Gasteiger partial charge in [-0.25, -0.2) is 15.0 Å². The summed E-state index contributed by atoms with van der Waals surface area (Å²) in [5.74, 6) is 1.76. The van der Waals surface area contributed by atoms with Crippen LogP contribution in [0.2, 0.25) is 0 Å². The van der Waals surface area contributed by atoms with Crippen LogP contribution in [-0.2, 0) is 0 Å². The molecule has 0 spiro atoms. The van der Waals surface area contributed by atoms with E-state index in [4.69, 9.17) is 23.8 Å². The van der Waals surface area contributed by atoms with E-state index >= 15 is 0 Å². The predicted molar refractivity (Wildman–Crippen MR) is 219 cm³/mol. The molecule has 0 atom stereocenters. The Kier molecular flexibility index (Phi) is 6.79. The number of aromatic nitrogens is 3. The van der Waals surface area contributed by atoms with Gasteiger partial charge in [0.25, 0.3) is 0 Å². The van der Waals surface area contributed by atoms with Crippen molar-refractivity contribution in [3.8, 4) is 56.4 Å². The normalized spacial score (nSPS) is 11.7. The zero-order valence-corrected chi connectivity index (χ0v) is 28.9. The molecule has 0 aliphatic rings. The Bertz CT molecular complexity index is 3200. The van der Waals surface area contributed by atoms with Crippen LogP contribution in [-0.4, -0.2) is 15.0 Å². The van der Waals surface area contributed by atoms with Gasteiger partial charge in [-0.15, -0.1) is 0 Å². The molecule has 0 aliphatic carbocycles. The Labute approximate surface area is 309 Å². The molecule has 0 saturated carbocycles. The van der Waals surface area contributed by atoms with Crippen molar-refractivity contribution >= 4 is 54.6 Å². The van der Waals surface area contributed by atoms with Gasteiger partial charge in [-0.3, -0.25) is 0 Å². The van der Waals surface area contributed by atoms with E-state index in [9.17, 15) is 0 Å². The smallest absolute Gasteiger partial charge is 0.164 e. The summed E-state index contributed by atoms with van der Waals surface area (Å²) in [6.45, 7) is 0. The average molecular weight is 692 g/mol. The average Bonchev–Trinajstić information content (AvgIpc) is 3.83. The summed E-state index contributed by atoms with van der Waals surface area (Å²) in [4.78, 5) is 15.2. The summed E-state index contributed by atoms with van der Waals surface area (Å²) in [5.41, 5.74) is 10.3. The lowest BCUT2D eigenvalue weighted by atomic mass is 9.97. The molecular weight excluding hydrogens is 663 g/mol. The first-order chi connectivity index (χ1) is 26.7. The standard InChI is InChI=1S/C49H29N3O2/c1-3-12-30(13-4-1)40-28-35(29-43-45(40)38-18-9-10-21-41(38)53-43)49-51-47(33-15-5-2-6-16-33)50-48(52-49)34-24-22-32(23-25-34)37-19-11-20-39-44-36-17-8-7-14-31(36)26-27-42(44)54-46(37)39/h1-29H. The lowest BCUT2D eigenvalue weighted by Gasteiger charge is -2.11. The minimum Gasteiger partial charge on any atom is -0.456 e. The van der Waals surface area contributed by atoms with E-state index in [1.54, 1.807) is 0 Å². The van der Waals surface area contributed by atoms with Crippen molar-refractivity contribution in [1.82, 2.24) is 15.0 Å². The molecule has 11 rings (SSSR count). The van der Waals surface area contributed by atoms with Crippen LogP contribution >= 0.6 is 0 Å². The van der Waals surface area contributed by atoms with Crippen LogP contribution in [0, 0.1) is 0 Å². The van der Waals surface area contributed by atoms with Gasteiger partial charge in [0.1, 0.15) is 22.3 Å². The van der Waals surface area contributed by atoms with E-state index in [1.807, 2.05) is 48.5 Å². The summed E-state index contributed by atoms with van der Waals surface area (Å²) in [5, 5.41) is 6.78. The molecule has 3 aromatic heterocycles. The highest BCUT2D eigenvalue weighted by Crippen LogP contribution is 2.41. The Morgan fingerprint density at radius 1 is 0.315 bits per heavy atom. The quantitative estimate of drug-likeness (QED) is 0.180. The number of benzene rings is 8. The van der Waals surface area contributed by atoms with Gasteiger partial charge >= 0.3 is 0 Å². The first-order valence-corrected chi connectivity index (χ1v) is 18.0. The molecule has 5 nitrogen and oxygen atoms in total. The molecule has 54 heavy (non-hydrogen) atoms. The SMILES string of the molecule is c1ccc(-c2nc(-c3ccc(-c4cccc5c4oc4ccc6ccccc6c45)cc3)nc(-c3cc(-c4ccccc4)c4c(c3)oc3ccccc34)n2)cc1. The van der Waals surface area contributed by atoms with E-state index in [-0.39, 0.29) is 0 Å². The maximum atomic E-state index is 6.54. The number of rotatable bonds is 5. The monoisotopic (exact) mass is 691 g/mol. The minimum absolute atomic E-state index is 0.571. The molecule has 5 heteroatoms. The third kappa shape index (κ3) is 4.90. The number of para-hydroxylation sites is 2. The van der Waals surface area contributed by atoms with Crippen molar-refractivity contribution in [3.05, 3.63) is 176 Å². The summed E-state index contributed by atoms with van der Waals surface area (Å²) >= 11 is 0. The van der Waals surface area contributed by atoms with Crippen LogP contribution in [0.3, 0.4) is 0 Å². The van der Waals surface area contributed by atoms with E-state index in [2.05, 4.69) is 127 Å². The second-order valence-corrected chi connectivity index (χ2v) is 13.6. The predicted octanol–water partition coefficient (Wildman–Crippen LogP) is 13.2. The molecule has 0 bridgehead atoms. The second kappa shape index (κ2) is 12.1. The molecule has 11 aromatic rings. The summed E-state index contributed by atoms with van der Waals surface area (Å²) in [6.07, 6.45) is 0. The second-order valence-electron chi connectivity index (χ2n) is 13.6. The molecule has 8 aromatic carbocycles. The number of hydrogen-bond acceptors (Lipinski definition) is 5. The van der Waals surface area contributed by atoms with Gasteiger partial charge in [-0.05, 0) is 51.7 Å². The van der Waals surface area contributed by atoms with Crippen molar-refractivity contribution in [1.29, 1.82) is 0 Å². The Hall–Kier alpha value is -7.37. The van der Waals surface area contributed by atoms with Crippen molar-refractivity contribution in [2.24, 2.45) is 0 Å². The van der Waals surface area contributed by atoms with Gasteiger partial charge in [-0.1, -0.05) is 152 Å². The third-order valence-electron chi connectivity index (χ3n) is 10.3. The van der Waals surface area contributed by atoms with Gasteiger partial charge in [0.05, 0.1) is 0 Å². The molecule has 0 N–H and O–H groups in total. The highest BCUT2D eigenvalue weighted by Gasteiger charge is 2.19. The maximum absolute atomic E-state index is 6.54. The fourth-order valence-electron chi connectivity index (χ4n) is 7.77. The molecule has 0 radical (unpaired) electrons. The fourth-order valence-corrected chi connectivity index (χ4v) is 7.77. The summed E-state index contributed by atoms with van der Waals surface area (Å²) < 4.78 is 13.0. The molecular formula is C49H29N3O2. The molecule has 0 saturated heterocycles. The van der Waals surface area contributed by atoms with E-state index in [0.717, 1.165) is 82.8 Å². The van der Waals surface area contributed by atoms with Gasteiger partial charge in [-0.2, -0.15) is 0 Å². The fraction of sp³-hybridized carbons (Fsp3) is 0. The largest absolute Gasteiger partial charge is 0.456 e. The van der Waals surface area contributed by atoms with Crippen LogP contribution in [0.5, 0.6) is 0 Å². The van der Waals surface area contributed by atoms with Crippen molar-refractivity contribution in [2.45, 2.75) is 0 Å². The Balaban J connectivity index is 1.06. The molecule has 0 aliphatic heterocycles. The first-order valence-electron chi connectivity index (χ1n) is 18.0. The van der Waals surface area contributed by atoms with Crippen LogP contribution in [0.15, 0.2) is 185 Å². The highest BCUT2D eigenvalue weighted by atomic mass is 16.3. The number of hydrogen-bond donors (Lipinski definition) is 0. The molecule has 0 amide bonds. The van der Waals surface area contributed by atoms with E-state index in [1.165, 1.54) is 10.8 Å². The van der Waals surface area contributed by atoms with Crippen molar-refractivity contribution in [3.63, 3.8) is 0 Å². The van der Waals surface area contributed by atoms with Crippen molar-refractivity contribution < 1.29 is 8.83 Å². The summed E-state index contributed by atoms with van der Waals surface area (Å²) in [7, 11) is 0.